The van der Waals surface area contributed by atoms with E-state index in [2.05, 4.69) is 4.98 Å². The molecule has 1 aromatic heterocycles. The molecule has 0 aliphatic heterocycles. The standard InChI is InChI=1S/C18H19FN2O3/c1-13(18(23)24-2)11-21(12-14-4-3-9-20-10-14)17(22)15-5-7-16(19)8-6-15/h3-10,13H,11-12H2,1-2H3. The number of carbonyl (C=O) groups excluding carboxylic acids is 2. The minimum absolute atomic E-state index is 0.192. The molecule has 1 atom stereocenters. The van der Waals surface area contributed by atoms with Gasteiger partial charge in [0.1, 0.15) is 5.82 Å². The second-order valence-electron chi connectivity index (χ2n) is 5.48. The number of esters is 1. The highest BCUT2D eigenvalue weighted by Gasteiger charge is 2.23. The van der Waals surface area contributed by atoms with Gasteiger partial charge in [-0.05, 0) is 35.9 Å². The summed E-state index contributed by atoms with van der Waals surface area (Å²) in [5.41, 5.74) is 1.20. The molecule has 0 aliphatic carbocycles. The highest BCUT2D eigenvalue weighted by Crippen LogP contribution is 2.13. The van der Waals surface area contributed by atoms with Crippen LogP contribution in [-0.4, -0.2) is 35.4 Å². The number of ether oxygens (including phenoxy) is 1. The van der Waals surface area contributed by atoms with Crippen LogP contribution < -0.4 is 0 Å². The van der Waals surface area contributed by atoms with E-state index in [-0.39, 0.29) is 12.5 Å². The molecular formula is C18H19FN2O3. The van der Waals surface area contributed by atoms with Crippen LogP contribution in [0.3, 0.4) is 0 Å². The van der Waals surface area contributed by atoms with Crippen molar-refractivity contribution >= 4 is 11.9 Å². The van der Waals surface area contributed by atoms with Gasteiger partial charge in [-0.15, -0.1) is 0 Å². The van der Waals surface area contributed by atoms with Crippen molar-refractivity contribution in [1.82, 2.24) is 9.88 Å². The Morgan fingerprint density at radius 1 is 1.25 bits per heavy atom. The quantitative estimate of drug-likeness (QED) is 0.764. The van der Waals surface area contributed by atoms with E-state index in [1.165, 1.54) is 36.3 Å². The Morgan fingerprint density at radius 3 is 2.54 bits per heavy atom. The number of nitrogens with zero attached hydrogens (tertiary/aromatic N) is 2. The molecule has 0 N–H and O–H groups in total. The Labute approximate surface area is 140 Å². The molecule has 0 spiro atoms. The second-order valence-corrected chi connectivity index (χ2v) is 5.48. The van der Waals surface area contributed by atoms with Crippen LogP contribution in [0.2, 0.25) is 0 Å². The van der Waals surface area contributed by atoms with Gasteiger partial charge in [0.25, 0.3) is 5.91 Å². The number of methoxy groups -OCH3 is 1. The minimum Gasteiger partial charge on any atom is -0.469 e. The molecule has 1 amide bonds. The normalized spacial score (nSPS) is 11.6. The fourth-order valence-corrected chi connectivity index (χ4v) is 2.31. The second kappa shape index (κ2) is 8.19. The van der Waals surface area contributed by atoms with Gasteiger partial charge in [0.05, 0.1) is 13.0 Å². The third-order valence-electron chi connectivity index (χ3n) is 3.57. The molecule has 1 aromatic carbocycles. The third kappa shape index (κ3) is 4.62. The summed E-state index contributed by atoms with van der Waals surface area (Å²) >= 11 is 0. The first-order valence-electron chi connectivity index (χ1n) is 7.53. The van der Waals surface area contributed by atoms with Crippen molar-refractivity contribution in [2.75, 3.05) is 13.7 Å². The zero-order valence-corrected chi connectivity index (χ0v) is 13.6. The van der Waals surface area contributed by atoms with Gasteiger partial charge in [0, 0.05) is 31.0 Å². The lowest BCUT2D eigenvalue weighted by molar-refractivity contribution is -0.145. The molecule has 0 saturated carbocycles. The van der Waals surface area contributed by atoms with E-state index in [1.807, 2.05) is 6.07 Å². The van der Waals surface area contributed by atoms with E-state index in [4.69, 9.17) is 4.74 Å². The molecular weight excluding hydrogens is 311 g/mol. The molecule has 2 rings (SSSR count). The van der Waals surface area contributed by atoms with Gasteiger partial charge < -0.3 is 9.64 Å². The van der Waals surface area contributed by atoms with E-state index < -0.39 is 17.7 Å². The fraction of sp³-hybridized carbons (Fsp3) is 0.278. The Hall–Kier alpha value is -2.76. The van der Waals surface area contributed by atoms with Gasteiger partial charge in [-0.3, -0.25) is 14.6 Å². The zero-order valence-electron chi connectivity index (χ0n) is 13.6. The molecule has 0 aliphatic rings. The van der Waals surface area contributed by atoms with Crippen LogP contribution in [-0.2, 0) is 16.1 Å². The van der Waals surface area contributed by atoms with Gasteiger partial charge >= 0.3 is 5.97 Å². The largest absolute Gasteiger partial charge is 0.469 e. The van der Waals surface area contributed by atoms with Crippen LogP contribution in [0.15, 0.2) is 48.8 Å². The summed E-state index contributed by atoms with van der Waals surface area (Å²) in [7, 11) is 1.31. The van der Waals surface area contributed by atoms with Gasteiger partial charge in [0.15, 0.2) is 0 Å². The van der Waals surface area contributed by atoms with E-state index in [1.54, 1.807) is 25.4 Å². The molecule has 6 heteroatoms. The number of aromatic nitrogens is 1. The lowest BCUT2D eigenvalue weighted by Gasteiger charge is -2.25. The van der Waals surface area contributed by atoms with E-state index in [0.29, 0.717) is 12.1 Å². The Kier molecular flexibility index (Phi) is 6.01. The SMILES string of the molecule is COC(=O)C(C)CN(Cc1cccnc1)C(=O)c1ccc(F)cc1. The molecule has 0 bridgehead atoms. The van der Waals surface area contributed by atoms with E-state index in [0.717, 1.165) is 5.56 Å². The smallest absolute Gasteiger partial charge is 0.310 e. The Balaban J connectivity index is 2.22. The van der Waals surface area contributed by atoms with Gasteiger partial charge in [0.2, 0.25) is 0 Å². The van der Waals surface area contributed by atoms with Crippen molar-refractivity contribution in [2.45, 2.75) is 13.5 Å². The van der Waals surface area contributed by atoms with Crippen molar-refractivity contribution in [3.05, 3.63) is 65.7 Å². The van der Waals surface area contributed by atoms with Crippen LogP contribution in [0.5, 0.6) is 0 Å². The van der Waals surface area contributed by atoms with Crippen molar-refractivity contribution in [1.29, 1.82) is 0 Å². The minimum atomic E-state index is -0.476. The van der Waals surface area contributed by atoms with Gasteiger partial charge in [-0.1, -0.05) is 13.0 Å². The Morgan fingerprint density at radius 2 is 1.96 bits per heavy atom. The monoisotopic (exact) mass is 330 g/mol. The predicted octanol–water partition coefficient (Wildman–Crippen LogP) is 2.67. The number of pyridine rings is 1. The maximum atomic E-state index is 13.1. The Bertz CT molecular complexity index is 689. The van der Waals surface area contributed by atoms with E-state index >= 15 is 0 Å². The van der Waals surface area contributed by atoms with E-state index in [9.17, 15) is 14.0 Å². The summed E-state index contributed by atoms with van der Waals surface area (Å²) < 4.78 is 17.8. The maximum Gasteiger partial charge on any atom is 0.310 e. The van der Waals surface area contributed by atoms with Crippen molar-refractivity contribution in [3.8, 4) is 0 Å². The summed E-state index contributed by atoms with van der Waals surface area (Å²) in [6.07, 6.45) is 3.31. The van der Waals surface area contributed by atoms with Crippen molar-refractivity contribution < 1.29 is 18.7 Å². The highest BCUT2D eigenvalue weighted by atomic mass is 19.1. The number of rotatable bonds is 6. The zero-order chi connectivity index (χ0) is 17.5. The number of amides is 1. The molecule has 5 nitrogen and oxygen atoms in total. The first-order chi connectivity index (χ1) is 11.5. The number of hydrogen-bond donors (Lipinski definition) is 0. The molecule has 1 unspecified atom stereocenters. The lowest BCUT2D eigenvalue weighted by atomic mass is 10.1. The number of carbonyl (C=O) groups is 2. The summed E-state index contributed by atoms with van der Waals surface area (Å²) in [6.45, 7) is 2.18. The average Bonchev–Trinajstić information content (AvgIpc) is 2.61. The summed E-state index contributed by atoms with van der Waals surface area (Å²) in [6, 6.07) is 8.95. The topological polar surface area (TPSA) is 59.5 Å². The van der Waals surface area contributed by atoms with Crippen molar-refractivity contribution in [3.63, 3.8) is 0 Å². The number of halogens is 1. The summed E-state index contributed by atoms with van der Waals surface area (Å²) in [5, 5.41) is 0. The number of hydrogen-bond acceptors (Lipinski definition) is 4. The first kappa shape index (κ1) is 17.6. The van der Waals surface area contributed by atoms with Crippen LogP contribution in [0, 0.1) is 11.7 Å². The van der Waals surface area contributed by atoms with Crippen LogP contribution in [0.1, 0.15) is 22.8 Å². The molecule has 2 aromatic rings. The molecule has 126 valence electrons. The number of benzene rings is 1. The molecule has 0 saturated heterocycles. The fourth-order valence-electron chi connectivity index (χ4n) is 2.31. The highest BCUT2D eigenvalue weighted by molar-refractivity contribution is 5.94. The van der Waals surface area contributed by atoms with Gasteiger partial charge in [-0.2, -0.15) is 0 Å². The molecule has 0 radical (unpaired) electrons. The molecule has 0 fully saturated rings. The van der Waals surface area contributed by atoms with Crippen molar-refractivity contribution in [2.24, 2.45) is 5.92 Å². The first-order valence-corrected chi connectivity index (χ1v) is 7.53. The average molecular weight is 330 g/mol. The van der Waals surface area contributed by atoms with Crippen LogP contribution in [0.25, 0.3) is 0 Å². The molecule has 24 heavy (non-hydrogen) atoms. The molecule has 1 heterocycles. The third-order valence-corrected chi connectivity index (χ3v) is 3.57. The summed E-state index contributed by atoms with van der Waals surface area (Å²) in [4.78, 5) is 30.0. The predicted molar refractivity (Wildman–Crippen MR) is 86.6 cm³/mol. The summed E-state index contributed by atoms with van der Waals surface area (Å²) in [5.74, 6) is -1.56. The van der Waals surface area contributed by atoms with Crippen LogP contribution in [0.4, 0.5) is 4.39 Å². The maximum absolute atomic E-state index is 13.1. The van der Waals surface area contributed by atoms with Crippen LogP contribution >= 0.6 is 0 Å². The lowest BCUT2D eigenvalue weighted by Crippen LogP contribution is -2.36. The van der Waals surface area contributed by atoms with Gasteiger partial charge in [-0.25, -0.2) is 4.39 Å².